The maximum atomic E-state index is 11.2. The normalized spacial score (nSPS) is 12.9. The lowest BCUT2D eigenvalue weighted by atomic mass is 10.2. The molecule has 0 saturated heterocycles. The van der Waals surface area contributed by atoms with Gasteiger partial charge in [0.2, 0.25) is 0 Å². The van der Waals surface area contributed by atoms with E-state index in [4.69, 9.17) is 5.11 Å². The zero-order valence-corrected chi connectivity index (χ0v) is 8.80. The summed E-state index contributed by atoms with van der Waals surface area (Å²) in [5.74, 6) is -0.995. The Balaban J connectivity index is 2.57. The van der Waals surface area contributed by atoms with E-state index in [9.17, 15) is 9.35 Å². The second-order valence-corrected chi connectivity index (χ2v) is 4.57. The van der Waals surface area contributed by atoms with Crippen LogP contribution >= 0.6 is 0 Å². The topological polar surface area (TPSA) is 76.1 Å². The van der Waals surface area contributed by atoms with Gasteiger partial charge in [0.05, 0.1) is 0 Å². The van der Waals surface area contributed by atoms with Gasteiger partial charge in [-0.2, -0.15) is 0 Å². The SMILES string of the molecule is C[S+]([O-])c1ccc2[nH]c(C(=O)O)cc2c1. The van der Waals surface area contributed by atoms with Crippen LogP contribution in [0.3, 0.4) is 0 Å². The van der Waals surface area contributed by atoms with Gasteiger partial charge in [-0.25, -0.2) is 4.79 Å². The molecule has 1 heterocycles. The van der Waals surface area contributed by atoms with Crippen LogP contribution in [-0.4, -0.2) is 26.9 Å². The minimum absolute atomic E-state index is 0.143. The minimum Gasteiger partial charge on any atom is -0.612 e. The molecule has 1 aromatic heterocycles. The van der Waals surface area contributed by atoms with Crippen LogP contribution in [0.2, 0.25) is 0 Å². The van der Waals surface area contributed by atoms with Crippen molar-refractivity contribution in [2.75, 3.05) is 6.26 Å². The largest absolute Gasteiger partial charge is 0.612 e. The summed E-state index contributed by atoms with van der Waals surface area (Å²) in [6, 6.07) is 6.72. The molecule has 78 valence electrons. The number of carboxylic acids is 1. The predicted octanol–water partition coefficient (Wildman–Crippen LogP) is 1.60. The molecule has 0 spiro atoms. The summed E-state index contributed by atoms with van der Waals surface area (Å²) in [5, 5.41) is 9.54. The number of rotatable bonds is 2. The molecule has 1 atom stereocenters. The van der Waals surface area contributed by atoms with Crippen molar-refractivity contribution in [2.24, 2.45) is 0 Å². The molecule has 2 N–H and O–H groups in total. The molecule has 15 heavy (non-hydrogen) atoms. The number of H-pyrrole nitrogens is 1. The number of hydrogen-bond donors (Lipinski definition) is 2. The standard InChI is InChI=1S/C10H9NO3S/c1-15(14)7-2-3-8-6(4-7)5-9(11-8)10(12)13/h2-5,11H,1H3,(H,12,13). The zero-order valence-electron chi connectivity index (χ0n) is 7.98. The molecule has 4 nitrogen and oxygen atoms in total. The number of aromatic amines is 1. The summed E-state index contributed by atoms with van der Waals surface area (Å²) in [7, 11) is 0. The Morgan fingerprint density at radius 1 is 1.47 bits per heavy atom. The number of aromatic nitrogens is 1. The summed E-state index contributed by atoms with van der Waals surface area (Å²) < 4.78 is 11.2. The van der Waals surface area contributed by atoms with E-state index in [0.29, 0.717) is 4.90 Å². The van der Waals surface area contributed by atoms with Crippen LogP contribution in [0, 0.1) is 0 Å². The molecule has 0 fully saturated rings. The van der Waals surface area contributed by atoms with Gasteiger partial charge in [0.25, 0.3) is 0 Å². The highest BCUT2D eigenvalue weighted by Gasteiger charge is 2.10. The number of nitrogens with one attached hydrogen (secondary N) is 1. The average molecular weight is 223 g/mol. The van der Waals surface area contributed by atoms with Crippen molar-refractivity contribution < 1.29 is 14.5 Å². The fourth-order valence-corrected chi connectivity index (χ4v) is 1.96. The van der Waals surface area contributed by atoms with Crippen molar-refractivity contribution in [1.29, 1.82) is 0 Å². The molecule has 0 aliphatic carbocycles. The Labute approximate surface area is 89.1 Å². The first-order valence-corrected chi connectivity index (χ1v) is 5.83. The van der Waals surface area contributed by atoms with E-state index in [2.05, 4.69) is 4.98 Å². The third-order valence-corrected chi connectivity index (χ3v) is 3.07. The van der Waals surface area contributed by atoms with Gasteiger partial charge in [-0.05, 0) is 29.4 Å². The van der Waals surface area contributed by atoms with Crippen molar-refractivity contribution in [3.63, 3.8) is 0 Å². The van der Waals surface area contributed by atoms with Gasteiger partial charge in [0.1, 0.15) is 11.9 Å². The van der Waals surface area contributed by atoms with Gasteiger partial charge in [-0.15, -0.1) is 0 Å². The van der Waals surface area contributed by atoms with E-state index < -0.39 is 17.1 Å². The smallest absolute Gasteiger partial charge is 0.352 e. The molecule has 1 unspecified atom stereocenters. The van der Waals surface area contributed by atoms with Crippen LogP contribution in [0.15, 0.2) is 29.2 Å². The molecular weight excluding hydrogens is 214 g/mol. The van der Waals surface area contributed by atoms with Crippen LogP contribution < -0.4 is 0 Å². The fourth-order valence-electron chi connectivity index (χ4n) is 1.40. The molecule has 2 rings (SSSR count). The van der Waals surface area contributed by atoms with Gasteiger partial charge in [-0.1, -0.05) is 0 Å². The van der Waals surface area contributed by atoms with E-state index in [-0.39, 0.29) is 5.69 Å². The summed E-state index contributed by atoms with van der Waals surface area (Å²) >= 11 is -1.05. The average Bonchev–Trinajstić information content (AvgIpc) is 2.59. The van der Waals surface area contributed by atoms with Gasteiger partial charge in [-0.3, -0.25) is 0 Å². The first kappa shape index (κ1) is 10.1. The maximum absolute atomic E-state index is 11.2. The van der Waals surface area contributed by atoms with E-state index in [1.165, 1.54) is 6.07 Å². The molecule has 1 aromatic carbocycles. The van der Waals surface area contributed by atoms with E-state index in [1.807, 2.05) is 0 Å². The summed E-state index contributed by atoms with van der Waals surface area (Å²) in [6.45, 7) is 0. The number of benzene rings is 1. The zero-order chi connectivity index (χ0) is 11.0. The molecule has 0 bridgehead atoms. The highest BCUT2D eigenvalue weighted by atomic mass is 32.2. The minimum atomic E-state index is -1.05. The highest BCUT2D eigenvalue weighted by molar-refractivity contribution is 7.90. The summed E-state index contributed by atoms with van der Waals surface area (Å²) in [5.41, 5.74) is 0.880. The monoisotopic (exact) mass is 223 g/mol. The van der Waals surface area contributed by atoms with Crippen molar-refractivity contribution >= 4 is 28.0 Å². The van der Waals surface area contributed by atoms with Crippen LogP contribution in [-0.2, 0) is 11.2 Å². The maximum Gasteiger partial charge on any atom is 0.352 e. The Kier molecular flexibility index (Phi) is 2.42. The first-order valence-electron chi connectivity index (χ1n) is 4.27. The Morgan fingerprint density at radius 3 is 2.80 bits per heavy atom. The summed E-state index contributed by atoms with van der Waals surface area (Å²) in [4.78, 5) is 14.2. The number of carbonyl (C=O) groups is 1. The number of fused-ring (bicyclic) bond motifs is 1. The molecule has 0 radical (unpaired) electrons. The van der Waals surface area contributed by atoms with Crippen molar-refractivity contribution in [1.82, 2.24) is 4.98 Å². The molecule has 5 heteroatoms. The molecule has 0 saturated carbocycles. The Hall–Kier alpha value is -1.46. The number of aromatic carboxylic acids is 1. The lowest BCUT2D eigenvalue weighted by molar-refractivity contribution is 0.0691. The van der Waals surface area contributed by atoms with Crippen molar-refractivity contribution in [2.45, 2.75) is 4.90 Å². The summed E-state index contributed by atoms with van der Waals surface area (Å²) in [6.07, 6.45) is 1.59. The molecule has 0 aliphatic heterocycles. The van der Waals surface area contributed by atoms with E-state index >= 15 is 0 Å². The third-order valence-electron chi connectivity index (χ3n) is 2.15. The van der Waals surface area contributed by atoms with Crippen LogP contribution in [0.4, 0.5) is 0 Å². The van der Waals surface area contributed by atoms with E-state index in [0.717, 1.165) is 10.9 Å². The van der Waals surface area contributed by atoms with Gasteiger partial charge >= 0.3 is 5.97 Å². The molecular formula is C10H9NO3S. The lowest BCUT2D eigenvalue weighted by Gasteiger charge is -2.02. The molecule has 0 aliphatic rings. The van der Waals surface area contributed by atoms with E-state index in [1.54, 1.807) is 24.5 Å². The molecule has 2 aromatic rings. The van der Waals surface area contributed by atoms with Crippen molar-refractivity contribution in [3.05, 3.63) is 30.0 Å². The number of carboxylic acid groups (broad SMARTS) is 1. The Morgan fingerprint density at radius 2 is 2.20 bits per heavy atom. The highest BCUT2D eigenvalue weighted by Crippen LogP contribution is 2.19. The quantitative estimate of drug-likeness (QED) is 0.759. The van der Waals surface area contributed by atoms with Gasteiger partial charge < -0.3 is 14.6 Å². The lowest BCUT2D eigenvalue weighted by Crippen LogP contribution is -1.95. The van der Waals surface area contributed by atoms with Gasteiger partial charge in [0.15, 0.2) is 4.90 Å². The Bertz CT molecular complexity index is 518. The fraction of sp³-hybridized carbons (Fsp3) is 0.100. The van der Waals surface area contributed by atoms with Gasteiger partial charge in [0, 0.05) is 17.0 Å². The second-order valence-electron chi connectivity index (χ2n) is 3.19. The first-order chi connectivity index (χ1) is 7.08. The third kappa shape index (κ3) is 1.84. The predicted molar refractivity (Wildman–Crippen MR) is 57.6 cm³/mol. The van der Waals surface area contributed by atoms with Crippen LogP contribution in [0.5, 0.6) is 0 Å². The van der Waals surface area contributed by atoms with Crippen LogP contribution in [0.25, 0.3) is 10.9 Å². The molecule has 0 amide bonds. The van der Waals surface area contributed by atoms with Crippen LogP contribution in [0.1, 0.15) is 10.5 Å². The van der Waals surface area contributed by atoms with Crippen molar-refractivity contribution in [3.8, 4) is 0 Å². The number of hydrogen-bond acceptors (Lipinski definition) is 2. The second kappa shape index (κ2) is 3.60.